The van der Waals surface area contributed by atoms with Crippen molar-refractivity contribution in [3.8, 4) is 11.5 Å². The van der Waals surface area contributed by atoms with Crippen LogP contribution in [0.4, 0.5) is 4.79 Å². The van der Waals surface area contributed by atoms with Crippen molar-refractivity contribution < 1.29 is 19.0 Å². The molecule has 110 valence electrons. The number of methoxy groups -OCH3 is 2. The number of hydrogen-bond acceptors (Lipinski definition) is 4. The number of benzene rings is 1. The van der Waals surface area contributed by atoms with E-state index in [0.29, 0.717) is 17.1 Å². The third-order valence-corrected chi connectivity index (χ3v) is 2.29. The van der Waals surface area contributed by atoms with Crippen molar-refractivity contribution in [1.29, 1.82) is 0 Å². The van der Waals surface area contributed by atoms with Gasteiger partial charge in [0, 0.05) is 6.07 Å². The molecule has 20 heavy (non-hydrogen) atoms. The van der Waals surface area contributed by atoms with Crippen molar-refractivity contribution >= 4 is 11.9 Å². The summed E-state index contributed by atoms with van der Waals surface area (Å²) in [6.45, 7) is 5.26. The molecule has 0 fully saturated rings. The van der Waals surface area contributed by atoms with Crippen LogP contribution in [0.15, 0.2) is 23.2 Å². The van der Waals surface area contributed by atoms with Gasteiger partial charge in [0.05, 0.1) is 19.8 Å². The second kappa shape index (κ2) is 6.27. The summed E-state index contributed by atoms with van der Waals surface area (Å²) >= 11 is 0. The molecule has 0 unspecified atom stereocenters. The molecular formula is C14H20N2O4. The van der Waals surface area contributed by atoms with E-state index in [0.717, 1.165) is 0 Å². The predicted molar refractivity (Wildman–Crippen MR) is 76.5 cm³/mol. The number of hydrogen-bond donors (Lipinski definition) is 1. The number of rotatable bonds is 3. The fourth-order valence-electron chi connectivity index (χ4n) is 1.45. The molecule has 0 bridgehead atoms. The Morgan fingerprint density at radius 2 is 1.85 bits per heavy atom. The van der Waals surface area contributed by atoms with E-state index in [2.05, 4.69) is 4.99 Å². The summed E-state index contributed by atoms with van der Waals surface area (Å²) in [5.41, 5.74) is 5.69. The molecule has 1 rings (SSSR count). The average Bonchev–Trinajstić information content (AvgIpc) is 2.35. The van der Waals surface area contributed by atoms with Gasteiger partial charge < -0.3 is 19.9 Å². The van der Waals surface area contributed by atoms with Crippen LogP contribution >= 0.6 is 0 Å². The van der Waals surface area contributed by atoms with Crippen LogP contribution in [0.25, 0.3) is 0 Å². The van der Waals surface area contributed by atoms with E-state index in [1.54, 1.807) is 46.1 Å². The minimum atomic E-state index is -0.743. The highest BCUT2D eigenvalue weighted by molar-refractivity contribution is 6.04. The molecule has 1 aromatic carbocycles. The number of nitrogens with zero attached hydrogens (tertiary/aromatic N) is 1. The summed E-state index contributed by atoms with van der Waals surface area (Å²) in [5.74, 6) is 1.11. The molecule has 1 amide bonds. The number of nitrogens with two attached hydrogens (primary N) is 1. The molecule has 0 atom stereocenters. The molecule has 6 nitrogen and oxygen atoms in total. The van der Waals surface area contributed by atoms with Crippen molar-refractivity contribution in [2.24, 2.45) is 10.7 Å². The minimum Gasteiger partial charge on any atom is -0.497 e. The van der Waals surface area contributed by atoms with E-state index in [4.69, 9.17) is 19.9 Å². The van der Waals surface area contributed by atoms with Crippen LogP contribution in [0.1, 0.15) is 26.3 Å². The highest BCUT2D eigenvalue weighted by Crippen LogP contribution is 2.24. The average molecular weight is 280 g/mol. The Hall–Kier alpha value is -2.24. The second-order valence-electron chi connectivity index (χ2n) is 5.04. The molecule has 0 aliphatic carbocycles. The maximum Gasteiger partial charge on any atom is 0.436 e. The lowest BCUT2D eigenvalue weighted by Crippen LogP contribution is -2.24. The second-order valence-corrected chi connectivity index (χ2v) is 5.04. The predicted octanol–water partition coefficient (Wildman–Crippen LogP) is 2.34. The molecule has 0 heterocycles. The molecule has 0 aliphatic rings. The van der Waals surface area contributed by atoms with Gasteiger partial charge in [-0.05, 0) is 32.9 Å². The molecule has 2 N–H and O–H groups in total. The van der Waals surface area contributed by atoms with Crippen molar-refractivity contribution in [3.05, 3.63) is 23.8 Å². The summed E-state index contributed by atoms with van der Waals surface area (Å²) in [5, 5.41) is 0. The fraction of sp³-hybridized carbons (Fsp3) is 0.429. The Kier molecular flexibility index (Phi) is 4.96. The lowest BCUT2D eigenvalue weighted by Gasteiger charge is -2.17. The maximum absolute atomic E-state index is 11.6. The Morgan fingerprint density at radius 3 is 2.35 bits per heavy atom. The van der Waals surface area contributed by atoms with Crippen LogP contribution in [0.2, 0.25) is 0 Å². The van der Waals surface area contributed by atoms with Crippen molar-refractivity contribution in [1.82, 2.24) is 0 Å². The molecule has 0 saturated heterocycles. The Labute approximate surface area is 118 Å². The van der Waals surface area contributed by atoms with Crippen LogP contribution in [0.5, 0.6) is 11.5 Å². The van der Waals surface area contributed by atoms with Gasteiger partial charge in [-0.2, -0.15) is 4.99 Å². The first kappa shape index (κ1) is 15.8. The quantitative estimate of drug-likeness (QED) is 0.678. The van der Waals surface area contributed by atoms with E-state index in [1.165, 1.54) is 7.11 Å². The maximum atomic E-state index is 11.6. The van der Waals surface area contributed by atoms with Gasteiger partial charge in [-0.1, -0.05) is 0 Å². The van der Waals surface area contributed by atoms with Gasteiger partial charge in [0.2, 0.25) is 0 Å². The van der Waals surface area contributed by atoms with E-state index < -0.39 is 11.7 Å². The number of amidine groups is 1. The zero-order valence-corrected chi connectivity index (χ0v) is 12.4. The van der Waals surface area contributed by atoms with E-state index in [1.807, 2.05) is 0 Å². The van der Waals surface area contributed by atoms with Gasteiger partial charge in [0.15, 0.2) is 0 Å². The van der Waals surface area contributed by atoms with Crippen molar-refractivity contribution in [2.45, 2.75) is 26.4 Å². The summed E-state index contributed by atoms with van der Waals surface area (Å²) in [4.78, 5) is 15.3. The highest BCUT2D eigenvalue weighted by Gasteiger charge is 2.17. The zero-order chi connectivity index (χ0) is 15.3. The number of aliphatic imine (C=N–C) groups is 1. The normalized spacial score (nSPS) is 11.9. The lowest BCUT2D eigenvalue weighted by molar-refractivity contribution is 0.0604. The van der Waals surface area contributed by atoms with E-state index in [-0.39, 0.29) is 5.84 Å². The van der Waals surface area contributed by atoms with E-state index in [9.17, 15) is 4.79 Å². The first-order chi connectivity index (χ1) is 9.26. The van der Waals surface area contributed by atoms with Crippen LogP contribution < -0.4 is 15.2 Å². The topological polar surface area (TPSA) is 83.1 Å². The molecular weight excluding hydrogens is 260 g/mol. The van der Waals surface area contributed by atoms with Gasteiger partial charge in [-0.15, -0.1) is 0 Å². The summed E-state index contributed by atoms with van der Waals surface area (Å²) in [6.07, 6.45) is -0.743. The minimum absolute atomic E-state index is 0.0266. The number of amides is 1. The molecule has 0 saturated carbocycles. The summed E-state index contributed by atoms with van der Waals surface area (Å²) in [7, 11) is 3.05. The van der Waals surface area contributed by atoms with Gasteiger partial charge in [-0.25, -0.2) is 4.79 Å². The van der Waals surface area contributed by atoms with Crippen LogP contribution in [0, 0.1) is 0 Å². The van der Waals surface area contributed by atoms with Gasteiger partial charge in [-0.3, -0.25) is 0 Å². The Balaban J connectivity index is 3.02. The van der Waals surface area contributed by atoms with Crippen LogP contribution in [0.3, 0.4) is 0 Å². The smallest absolute Gasteiger partial charge is 0.436 e. The molecule has 0 spiro atoms. The first-order valence-corrected chi connectivity index (χ1v) is 6.06. The summed E-state index contributed by atoms with van der Waals surface area (Å²) in [6, 6.07) is 5.03. The van der Waals surface area contributed by atoms with Gasteiger partial charge in [0.25, 0.3) is 0 Å². The largest absolute Gasteiger partial charge is 0.497 e. The summed E-state index contributed by atoms with van der Waals surface area (Å²) < 4.78 is 15.4. The van der Waals surface area contributed by atoms with E-state index >= 15 is 0 Å². The third-order valence-electron chi connectivity index (χ3n) is 2.29. The fourth-order valence-corrected chi connectivity index (χ4v) is 1.45. The van der Waals surface area contributed by atoms with Crippen LogP contribution in [-0.2, 0) is 4.74 Å². The zero-order valence-electron chi connectivity index (χ0n) is 12.4. The monoisotopic (exact) mass is 280 g/mol. The molecule has 0 aromatic heterocycles. The first-order valence-electron chi connectivity index (χ1n) is 6.06. The van der Waals surface area contributed by atoms with Crippen molar-refractivity contribution in [2.75, 3.05) is 14.2 Å². The van der Waals surface area contributed by atoms with Crippen molar-refractivity contribution in [3.63, 3.8) is 0 Å². The van der Waals surface area contributed by atoms with Crippen LogP contribution in [-0.4, -0.2) is 31.7 Å². The van der Waals surface area contributed by atoms with Gasteiger partial charge >= 0.3 is 6.09 Å². The number of carbonyl (C=O) groups is 1. The number of ether oxygens (including phenoxy) is 3. The molecule has 0 aliphatic heterocycles. The number of carbonyl (C=O) groups excluding carboxylic acids is 1. The standard InChI is InChI=1S/C14H20N2O4/c1-14(2,3)20-13(17)16-12(15)10-7-6-9(18-4)8-11(10)19-5/h6-8H,1-5H3,(H2,15,16,17). The SMILES string of the molecule is COc1ccc(/C(N)=N/C(=O)OC(C)(C)C)c(OC)c1. The molecule has 1 aromatic rings. The lowest BCUT2D eigenvalue weighted by atomic mass is 10.1. The Bertz CT molecular complexity index is 518. The third kappa shape index (κ3) is 4.46. The Morgan fingerprint density at radius 1 is 1.20 bits per heavy atom. The van der Waals surface area contributed by atoms with Gasteiger partial charge in [0.1, 0.15) is 22.9 Å². The molecule has 0 radical (unpaired) electrons. The molecule has 6 heteroatoms. The highest BCUT2D eigenvalue weighted by atomic mass is 16.6.